The number of halogens is 15. The molecule has 3 aliphatic rings. The van der Waals surface area contributed by atoms with Gasteiger partial charge < -0.3 is 50.5 Å². The zero-order valence-corrected chi connectivity index (χ0v) is 54.9. The molecule has 3 aliphatic carbocycles. The van der Waals surface area contributed by atoms with Gasteiger partial charge in [0.2, 0.25) is 35.4 Å². The molecular formula is C63H69F15N18O10. The number of fused-ring (bicyclic) bond motifs is 3. The van der Waals surface area contributed by atoms with Gasteiger partial charge in [-0.1, -0.05) is 14.9 Å². The Kier molecular flexibility index (Phi) is 23.2. The van der Waals surface area contributed by atoms with Crippen LogP contribution in [0.5, 0.6) is 35.3 Å². The number of hydrogen-bond donors (Lipinski definition) is 5. The van der Waals surface area contributed by atoms with Gasteiger partial charge in [-0.15, -0.1) is 15.3 Å². The van der Waals surface area contributed by atoms with Crippen molar-refractivity contribution in [2.75, 3.05) is 16.4 Å². The molecule has 0 aliphatic heterocycles. The van der Waals surface area contributed by atoms with Crippen LogP contribution in [-0.2, 0) is 28.0 Å². The number of nitrogens with two attached hydrogens (primary N) is 2. The molecule has 2 amide bonds. The van der Waals surface area contributed by atoms with Crippen molar-refractivity contribution in [1.29, 1.82) is 0 Å². The van der Waals surface area contributed by atoms with E-state index in [-0.39, 0.29) is 90.6 Å². The predicted molar refractivity (Wildman–Crippen MR) is 343 cm³/mol. The Bertz CT molecular complexity index is 4420. The number of imide groups is 1. The third-order valence-electron chi connectivity index (χ3n) is 15.8. The maximum absolute atomic E-state index is 14.5. The number of aromatic nitrogens is 15. The van der Waals surface area contributed by atoms with Crippen LogP contribution in [0.25, 0.3) is 33.1 Å². The minimum Gasteiger partial charge on any atom is -0.443 e. The topological polar surface area (TPSA) is 366 Å². The summed E-state index contributed by atoms with van der Waals surface area (Å²) in [5.74, 6) is -12.7. The Morgan fingerprint density at radius 1 is 0.462 bits per heavy atom. The molecule has 9 aromatic rings. The lowest BCUT2D eigenvalue weighted by Gasteiger charge is -2.33. The van der Waals surface area contributed by atoms with E-state index in [9.17, 15) is 90.8 Å². The van der Waals surface area contributed by atoms with Crippen LogP contribution in [-0.4, -0.2) is 149 Å². The van der Waals surface area contributed by atoms with Crippen molar-refractivity contribution in [3.63, 3.8) is 0 Å². The van der Waals surface area contributed by atoms with Gasteiger partial charge in [-0.05, 0) is 79.0 Å². The molecule has 0 bridgehead atoms. The number of carbonyl (C=O) groups is 2. The van der Waals surface area contributed by atoms with Crippen molar-refractivity contribution in [3.05, 3.63) is 90.7 Å². The Hall–Kier alpha value is -10.3. The second-order valence-corrected chi connectivity index (χ2v) is 26.0. The van der Waals surface area contributed by atoms with Crippen LogP contribution in [0.2, 0.25) is 0 Å². The molecule has 3 saturated carbocycles. The van der Waals surface area contributed by atoms with Crippen molar-refractivity contribution in [1.82, 2.24) is 74.2 Å². The number of anilines is 3. The molecule has 0 unspecified atom stereocenters. The lowest BCUT2D eigenvalue weighted by molar-refractivity contribution is -0.138. The molecule has 576 valence electrons. The molecule has 0 saturated heterocycles. The molecule has 0 aromatic carbocycles. The van der Waals surface area contributed by atoms with Crippen molar-refractivity contribution < 1.29 is 114 Å². The van der Waals surface area contributed by atoms with Crippen LogP contribution in [0.3, 0.4) is 0 Å². The number of alkyl halides is 15. The van der Waals surface area contributed by atoms with Gasteiger partial charge in [-0.2, -0.15) is 44.4 Å². The van der Waals surface area contributed by atoms with Gasteiger partial charge >= 0.3 is 30.7 Å². The van der Waals surface area contributed by atoms with Crippen molar-refractivity contribution in [3.8, 4) is 35.3 Å². The van der Waals surface area contributed by atoms with Crippen molar-refractivity contribution in [2.24, 2.45) is 0 Å². The highest BCUT2D eigenvalue weighted by Crippen LogP contribution is 2.47. The van der Waals surface area contributed by atoms with Gasteiger partial charge in [0.15, 0.2) is 22.8 Å². The zero-order valence-electron chi connectivity index (χ0n) is 54.9. The first-order valence-corrected chi connectivity index (χ1v) is 31.0. The van der Waals surface area contributed by atoms with Crippen LogP contribution in [0, 0.1) is 0 Å². The largest absolute Gasteiger partial charge is 0.443 e. The SMILES string of the molecule is C.C.CC(C)(C)OC(=O)N(C(=O)OC(C)(C)C)c1ncnc2c1c(Oc1cc(C(F)(F)F)ccn1)nn2[C@@H]1CC(F)(F)CC[C@H]1O.Nc1ncnc2c1c(Oc1cc(C(F)(F)F)ccn1)nn2[C@@H]1CC(F)(F)CC[C@H]1O.Nc1ncnc2c1c(Oc1cc(C(F)(F)F)ccn1)nn2[C@H]1CC(F)(F)CC[C@@H]1O. The van der Waals surface area contributed by atoms with E-state index in [1.165, 1.54) is 41.5 Å². The summed E-state index contributed by atoms with van der Waals surface area (Å²) >= 11 is 0. The summed E-state index contributed by atoms with van der Waals surface area (Å²) in [6.07, 6.45) is -18.9. The second kappa shape index (κ2) is 30.3. The van der Waals surface area contributed by atoms with Crippen molar-refractivity contribution >= 4 is 62.7 Å². The minimum atomic E-state index is -4.77. The summed E-state index contributed by atoms with van der Waals surface area (Å²) in [5.41, 5.74) is 6.07. The summed E-state index contributed by atoms with van der Waals surface area (Å²) in [5, 5.41) is 43.2. The van der Waals surface area contributed by atoms with E-state index in [2.05, 4.69) is 60.2 Å². The number of nitrogen functional groups attached to an aromatic ring is 2. The number of hydrogen-bond acceptors (Lipinski definition) is 24. The summed E-state index contributed by atoms with van der Waals surface area (Å²) in [7, 11) is 0. The van der Waals surface area contributed by atoms with Crippen LogP contribution in [0.15, 0.2) is 74.0 Å². The van der Waals surface area contributed by atoms with Gasteiger partial charge in [0.1, 0.15) is 58.0 Å². The average Bonchev–Trinajstić information content (AvgIpc) is 1.60. The highest BCUT2D eigenvalue weighted by Gasteiger charge is 2.48. The summed E-state index contributed by atoms with van der Waals surface area (Å²) in [6.45, 7) is 9.19. The molecule has 9 heterocycles. The third kappa shape index (κ3) is 18.8. The molecule has 28 nitrogen and oxygen atoms in total. The molecule has 43 heteroatoms. The van der Waals surface area contributed by atoms with Crippen molar-refractivity contribution in [2.45, 2.75) is 198 Å². The normalized spacial score (nSPS) is 20.2. The first kappa shape index (κ1) is 81.3. The number of ether oxygens (including phenoxy) is 5. The molecule has 106 heavy (non-hydrogen) atoms. The maximum atomic E-state index is 14.5. The van der Waals surface area contributed by atoms with Crippen LogP contribution >= 0.6 is 0 Å². The van der Waals surface area contributed by atoms with Crippen LogP contribution in [0.4, 0.5) is 92.9 Å². The fraction of sp³-hybridized carbons (Fsp3) is 0.492. The predicted octanol–water partition coefficient (Wildman–Crippen LogP) is 14.4. The first-order chi connectivity index (χ1) is 48.2. The van der Waals surface area contributed by atoms with E-state index in [0.717, 1.165) is 63.8 Å². The summed E-state index contributed by atoms with van der Waals surface area (Å²) in [6, 6.07) is 0.455. The average molecular weight is 1520 g/mol. The maximum Gasteiger partial charge on any atom is 0.425 e. The molecule has 0 radical (unpaired) electrons. The van der Waals surface area contributed by atoms with E-state index >= 15 is 0 Å². The molecule has 6 atom stereocenters. The number of aliphatic hydroxyl groups is 3. The van der Waals surface area contributed by atoms with E-state index in [1.54, 1.807) is 0 Å². The van der Waals surface area contributed by atoms with Gasteiger partial charge in [0.25, 0.3) is 17.6 Å². The number of amides is 2. The Morgan fingerprint density at radius 2 is 0.745 bits per heavy atom. The molecule has 9 aromatic heterocycles. The van der Waals surface area contributed by atoms with E-state index in [1.807, 2.05) is 0 Å². The van der Waals surface area contributed by atoms with Crippen LogP contribution in [0.1, 0.15) is 149 Å². The fourth-order valence-corrected chi connectivity index (χ4v) is 11.1. The second-order valence-electron chi connectivity index (χ2n) is 26.0. The van der Waals surface area contributed by atoms with Gasteiger partial charge in [0.05, 0.1) is 53.1 Å². The lowest BCUT2D eigenvalue weighted by Crippen LogP contribution is -2.44. The van der Waals surface area contributed by atoms with Gasteiger partial charge in [0, 0.05) is 75.3 Å². The fourth-order valence-electron chi connectivity index (χ4n) is 11.1. The summed E-state index contributed by atoms with van der Waals surface area (Å²) < 4.78 is 233. The first-order valence-electron chi connectivity index (χ1n) is 31.0. The monoisotopic (exact) mass is 1520 g/mol. The standard InChI is InChI=1S/C27H31F5N6O6.2C17H15F5N6O2.2CH4/c1-24(2,3)43-22(40)37(23(41)44-25(4,5)6)19-18-20(35-13-34-19)38(15-12-26(28,29)9-7-16(15)39)36-21(18)42-17-11-14(8-10-33-17)27(30,31)32;2*18-16(19)3-1-10(29)9(6-16)28-14-12(13(23)25-7-26-14)15(27-28)30-11-5-8(2-4-24-11)17(20,21)22;;/h8,10-11,13,15-16,39H,7,9,12H2,1-6H3;2*2,4-5,7,9-10,29H,1,3,6H2,(H2,23,25,26);2*1H4/t15-,16-;2*9-,10-;;/m110../s1. The Balaban J connectivity index is 0.000000204. The number of carbonyl (C=O) groups excluding carboxylic acids is 2. The Morgan fingerprint density at radius 3 is 1.04 bits per heavy atom. The van der Waals surface area contributed by atoms with Gasteiger partial charge in [-0.25, -0.2) is 94.8 Å². The molecular weight excluding hydrogens is 1450 g/mol. The number of pyridine rings is 3. The van der Waals surface area contributed by atoms with Crippen LogP contribution < -0.4 is 30.6 Å². The molecule has 12 rings (SSSR count). The molecule has 7 N–H and O–H groups in total. The van der Waals surface area contributed by atoms with Gasteiger partial charge in [-0.3, -0.25) is 0 Å². The number of nitrogens with zero attached hydrogens (tertiary/aromatic N) is 16. The lowest BCUT2D eigenvalue weighted by atomic mass is 9.89. The van der Waals surface area contributed by atoms with E-state index in [0.29, 0.717) is 29.2 Å². The number of rotatable bonds is 10. The smallest absolute Gasteiger partial charge is 0.425 e. The quantitative estimate of drug-likeness (QED) is 0.0794. The summed E-state index contributed by atoms with van der Waals surface area (Å²) in [4.78, 5) is 62.1. The van der Waals surface area contributed by atoms with E-state index < -0.39 is 181 Å². The molecule has 0 spiro atoms. The zero-order chi connectivity index (χ0) is 76.2. The minimum absolute atomic E-state index is 0. The number of aliphatic hydroxyl groups excluding tert-OH is 3. The highest BCUT2D eigenvalue weighted by atomic mass is 19.4. The molecule has 3 fully saturated rings. The highest BCUT2D eigenvalue weighted by molar-refractivity contribution is 6.14. The Labute approximate surface area is 590 Å². The van der Waals surface area contributed by atoms with E-state index in [4.69, 9.17) is 35.2 Å². The third-order valence-corrected chi connectivity index (χ3v) is 15.8.